The first-order chi connectivity index (χ1) is 7.67. The lowest BCUT2D eigenvalue weighted by atomic mass is 9.91. The van der Waals surface area contributed by atoms with Gasteiger partial charge in [0.2, 0.25) is 0 Å². The smallest absolute Gasteiger partial charge is 0.130 e. The summed E-state index contributed by atoms with van der Waals surface area (Å²) in [6.07, 6.45) is 3.66. The first-order valence-corrected chi connectivity index (χ1v) is 5.80. The minimum absolute atomic E-state index is 0.433. The Morgan fingerprint density at radius 2 is 2.19 bits per heavy atom. The maximum absolute atomic E-state index is 13.0. The van der Waals surface area contributed by atoms with Crippen molar-refractivity contribution in [3.8, 4) is 0 Å². The van der Waals surface area contributed by atoms with E-state index in [0.29, 0.717) is 5.70 Å². The third kappa shape index (κ3) is 1.73. The van der Waals surface area contributed by atoms with Crippen LogP contribution in [-0.4, -0.2) is 6.67 Å². The summed E-state index contributed by atoms with van der Waals surface area (Å²) in [5.74, 6) is 0. The number of hydrogen-bond acceptors (Lipinski definition) is 1. The molecule has 0 aromatic carbocycles. The van der Waals surface area contributed by atoms with Gasteiger partial charge in [-0.1, -0.05) is 25.7 Å². The molecule has 1 aliphatic carbocycles. The molecule has 0 radical (unpaired) electrons. The highest BCUT2D eigenvalue weighted by molar-refractivity contribution is 5.51. The molecule has 0 aromatic heterocycles. The second kappa shape index (κ2) is 4.28. The van der Waals surface area contributed by atoms with Gasteiger partial charge in [0.15, 0.2) is 0 Å². The fourth-order valence-electron chi connectivity index (χ4n) is 2.37. The van der Waals surface area contributed by atoms with Crippen LogP contribution in [0.3, 0.4) is 0 Å². The molecule has 86 valence electrons. The van der Waals surface area contributed by atoms with Crippen LogP contribution in [0.15, 0.2) is 46.8 Å². The molecule has 1 aliphatic heterocycles. The normalized spacial score (nSPS) is 20.0. The Labute approximate surface area is 96.4 Å². The Morgan fingerprint density at radius 1 is 1.44 bits per heavy atom. The topological polar surface area (TPSA) is 12.0 Å². The summed E-state index contributed by atoms with van der Waals surface area (Å²) >= 11 is 0. The molecule has 0 saturated heterocycles. The van der Waals surface area contributed by atoms with Gasteiger partial charge in [0.1, 0.15) is 6.67 Å². The lowest BCUT2D eigenvalue weighted by Gasteiger charge is -2.24. The van der Waals surface area contributed by atoms with E-state index in [1.165, 1.54) is 16.8 Å². The fourth-order valence-corrected chi connectivity index (χ4v) is 2.37. The minimum atomic E-state index is -0.433. The van der Waals surface area contributed by atoms with Crippen LogP contribution in [-0.2, 0) is 0 Å². The summed E-state index contributed by atoms with van der Waals surface area (Å²) in [7, 11) is 0. The Hall–Kier alpha value is -1.31. The van der Waals surface area contributed by atoms with E-state index in [4.69, 9.17) is 0 Å². The lowest BCUT2D eigenvalue weighted by molar-refractivity contribution is 0.518. The van der Waals surface area contributed by atoms with Crippen LogP contribution < -0.4 is 5.32 Å². The van der Waals surface area contributed by atoms with Crippen molar-refractivity contribution in [1.82, 2.24) is 5.32 Å². The lowest BCUT2D eigenvalue weighted by Crippen LogP contribution is -2.21. The van der Waals surface area contributed by atoms with Gasteiger partial charge >= 0.3 is 0 Å². The van der Waals surface area contributed by atoms with E-state index in [-0.39, 0.29) is 0 Å². The van der Waals surface area contributed by atoms with Crippen molar-refractivity contribution in [1.29, 1.82) is 0 Å². The van der Waals surface area contributed by atoms with Gasteiger partial charge in [-0.15, -0.1) is 0 Å². The van der Waals surface area contributed by atoms with Gasteiger partial charge in [-0.2, -0.15) is 0 Å². The molecule has 1 N–H and O–H groups in total. The third-order valence-electron chi connectivity index (χ3n) is 3.47. The van der Waals surface area contributed by atoms with E-state index >= 15 is 0 Å². The van der Waals surface area contributed by atoms with Gasteiger partial charge < -0.3 is 5.32 Å². The first-order valence-electron chi connectivity index (χ1n) is 5.80. The van der Waals surface area contributed by atoms with Gasteiger partial charge in [0.05, 0.1) is 5.70 Å². The van der Waals surface area contributed by atoms with Gasteiger partial charge in [0.25, 0.3) is 0 Å². The van der Waals surface area contributed by atoms with Crippen molar-refractivity contribution in [2.45, 2.75) is 32.6 Å². The van der Waals surface area contributed by atoms with E-state index in [2.05, 4.69) is 25.4 Å². The van der Waals surface area contributed by atoms with E-state index in [1.54, 1.807) is 0 Å². The quantitative estimate of drug-likeness (QED) is 0.761. The monoisotopic (exact) mass is 219 g/mol. The number of allylic oxidation sites excluding steroid dienone is 6. The zero-order valence-corrected chi connectivity index (χ0v) is 9.83. The van der Waals surface area contributed by atoms with Crippen LogP contribution in [0, 0.1) is 0 Å². The Morgan fingerprint density at radius 3 is 2.81 bits per heavy atom. The summed E-state index contributed by atoms with van der Waals surface area (Å²) in [6, 6.07) is 0. The number of rotatable bonds is 3. The molecule has 1 nitrogen and oxygen atoms in total. The number of alkyl halides is 1. The molecular formula is C14H18FN. The van der Waals surface area contributed by atoms with Crippen LogP contribution in [0.25, 0.3) is 0 Å². The van der Waals surface area contributed by atoms with Crippen LogP contribution in [0.4, 0.5) is 4.39 Å². The van der Waals surface area contributed by atoms with E-state index in [0.717, 1.165) is 36.8 Å². The highest BCUT2D eigenvalue weighted by Gasteiger charge is 2.26. The zero-order valence-electron chi connectivity index (χ0n) is 9.83. The second-order valence-electron chi connectivity index (χ2n) is 4.41. The maximum atomic E-state index is 13.0. The van der Waals surface area contributed by atoms with Crippen molar-refractivity contribution in [2.75, 3.05) is 6.67 Å². The number of nitrogens with one attached hydrogen (secondary N) is 1. The minimum Gasteiger partial charge on any atom is -0.360 e. The number of hydrogen-bond donors (Lipinski definition) is 1. The average Bonchev–Trinajstić information content (AvgIpc) is 2.68. The number of dihydropyridines is 1. The van der Waals surface area contributed by atoms with Gasteiger partial charge in [-0.05, 0) is 36.0 Å². The Kier molecular flexibility index (Phi) is 2.99. The third-order valence-corrected chi connectivity index (χ3v) is 3.47. The molecule has 0 saturated carbocycles. The van der Waals surface area contributed by atoms with Crippen molar-refractivity contribution in [2.24, 2.45) is 0 Å². The molecular weight excluding hydrogens is 201 g/mol. The van der Waals surface area contributed by atoms with Crippen molar-refractivity contribution in [3.05, 3.63) is 46.8 Å². The molecule has 0 unspecified atom stereocenters. The highest BCUT2D eigenvalue weighted by Crippen LogP contribution is 2.39. The van der Waals surface area contributed by atoms with Crippen molar-refractivity contribution < 1.29 is 4.39 Å². The van der Waals surface area contributed by atoms with Crippen LogP contribution in [0.5, 0.6) is 0 Å². The summed E-state index contributed by atoms with van der Waals surface area (Å²) in [5.41, 5.74) is 6.44. The van der Waals surface area contributed by atoms with Crippen molar-refractivity contribution in [3.63, 3.8) is 0 Å². The summed E-state index contributed by atoms with van der Waals surface area (Å²) in [6.45, 7) is 9.70. The molecule has 2 aliphatic rings. The summed E-state index contributed by atoms with van der Waals surface area (Å²) < 4.78 is 13.0. The molecule has 2 rings (SSSR count). The molecule has 0 spiro atoms. The van der Waals surface area contributed by atoms with Crippen LogP contribution >= 0.6 is 0 Å². The van der Waals surface area contributed by atoms with Gasteiger partial charge in [-0.3, -0.25) is 0 Å². The Balaban J connectivity index is 2.30. The van der Waals surface area contributed by atoms with E-state index in [1.807, 2.05) is 0 Å². The largest absolute Gasteiger partial charge is 0.360 e. The Bertz CT molecular complexity index is 412. The predicted molar refractivity (Wildman–Crippen MR) is 65.6 cm³/mol. The molecule has 1 heterocycles. The van der Waals surface area contributed by atoms with Gasteiger partial charge in [0, 0.05) is 12.1 Å². The molecule has 2 heteroatoms. The predicted octanol–water partition coefficient (Wildman–Crippen LogP) is 3.77. The van der Waals surface area contributed by atoms with E-state index in [9.17, 15) is 4.39 Å². The molecule has 0 bridgehead atoms. The average molecular weight is 219 g/mol. The van der Waals surface area contributed by atoms with E-state index < -0.39 is 6.67 Å². The molecule has 0 fully saturated rings. The first kappa shape index (κ1) is 11.2. The molecule has 0 amide bonds. The van der Waals surface area contributed by atoms with Crippen LogP contribution in [0.1, 0.15) is 32.6 Å². The fraction of sp³-hybridized carbons (Fsp3) is 0.429. The highest BCUT2D eigenvalue weighted by atomic mass is 19.1. The molecule has 0 atom stereocenters. The maximum Gasteiger partial charge on any atom is 0.130 e. The standard InChI is InChI=1S/C14H18FN/c1-4-9(2)11-7-12-10(3)5-6-13(12)16-14(11)8-15/h16H,2-8H2,1H3. The van der Waals surface area contributed by atoms with Gasteiger partial charge in [-0.25, -0.2) is 4.39 Å². The zero-order chi connectivity index (χ0) is 11.7. The summed E-state index contributed by atoms with van der Waals surface area (Å²) in [4.78, 5) is 0. The SMILES string of the molecule is C=C(CC)C1=C(CF)NC2=C(C1)C(=C)CC2. The molecule has 0 aromatic rings. The summed E-state index contributed by atoms with van der Waals surface area (Å²) in [5, 5.41) is 3.22. The number of halogens is 1. The second-order valence-corrected chi connectivity index (χ2v) is 4.41. The molecule has 16 heavy (non-hydrogen) atoms. The van der Waals surface area contributed by atoms with Crippen LogP contribution in [0.2, 0.25) is 0 Å². The van der Waals surface area contributed by atoms with Crippen molar-refractivity contribution >= 4 is 0 Å².